The first kappa shape index (κ1) is 12.1. The van der Waals surface area contributed by atoms with E-state index in [2.05, 4.69) is 19.5 Å². The minimum absolute atomic E-state index is 0.232. The lowest BCUT2D eigenvalue weighted by Crippen LogP contribution is -2.35. The number of amides is 2. The first-order valence-corrected chi connectivity index (χ1v) is 6.62. The summed E-state index contributed by atoms with van der Waals surface area (Å²) in [7, 11) is -4.74. The van der Waals surface area contributed by atoms with Crippen molar-refractivity contribution < 1.29 is 22.0 Å². The van der Waals surface area contributed by atoms with E-state index in [9.17, 15) is 13.2 Å². The van der Waals surface area contributed by atoms with E-state index in [1.165, 1.54) is 11.2 Å². The van der Waals surface area contributed by atoms with E-state index in [0.29, 0.717) is 10.9 Å². The van der Waals surface area contributed by atoms with Crippen LogP contribution in [-0.4, -0.2) is 56.7 Å². The summed E-state index contributed by atoms with van der Waals surface area (Å²) in [6, 6.07) is -1.72. The molecular weight excluding hydrogens is 278 g/mol. The van der Waals surface area contributed by atoms with Crippen molar-refractivity contribution >= 4 is 16.4 Å². The predicted octanol–water partition coefficient (Wildman–Crippen LogP) is -0.744. The van der Waals surface area contributed by atoms with Gasteiger partial charge in [0.25, 0.3) is 0 Å². The molecule has 19 heavy (non-hydrogen) atoms. The topological polar surface area (TPSA) is 129 Å². The zero-order chi connectivity index (χ0) is 13.6. The van der Waals surface area contributed by atoms with Crippen molar-refractivity contribution in [2.75, 3.05) is 6.54 Å². The predicted molar refractivity (Wildman–Crippen MR) is 58.6 cm³/mol. The Balaban J connectivity index is 1.88. The number of fused-ring (bicyclic) bond motifs is 2. The number of hydrogen-bond donors (Lipinski definition) is 2. The van der Waals surface area contributed by atoms with Crippen LogP contribution < -0.4 is 0 Å². The molecule has 2 aliphatic rings. The van der Waals surface area contributed by atoms with Gasteiger partial charge in [-0.15, -0.1) is 4.28 Å². The lowest BCUT2D eigenvalue weighted by molar-refractivity contribution is -0.0186. The second-order valence-electron chi connectivity index (χ2n) is 4.03. The van der Waals surface area contributed by atoms with E-state index < -0.39 is 28.5 Å². The largest absolute Gasteiger partial charge is 0.418 e. The maximum Gasteiger partial charge on any atom is 0.418 e. The molecule has 10 nitrogen and oxygen atoms in total. The van der Waals surface area contributed by atoms with Gasteiger partial charge in [-0.05, 0) is 0 Å². The molecule has 0 aromatic carbocycles. The van der Waals surface area contributed by atoms with Crippen molar-refractivity contribution in [1.82, 2.24) is 25.1 Å². The first-order chi connectivity index (χ1) is 8.96. The van der Waals surface area contributed by atoms with Crippen LogP contribution in [0.25, 0.3) is 0 Å². The molecule has 2 N–H and O–H groups in total. The van der Waals surface area contributed by atoms with Gasteiger partial charge in [-0.2, -0.15) is 18.6 Å². The Kier molecular flexibility index (Phi) is 2.55. The molecule has 1 aromatic heterocycles. The Morgan fingerprint density at radius 3 is 2.89 bits per heavy atom. The molecule has 2 aliphatic heterocycles. The highest BCUT2D eigenvalue weighted by Crippen LogP contribution is 2.32. The molecule has 2 atom stereocenters. The van der Waals surface area contributed by atoms with Crippen LogP contribution in [0.1, 0.15) is 11.9 Å². The van der Waals surface area contributed by atoms with E-state index in [1.54, 1.807) is 12.2 Å². The highest BCUT2D eigenvalue weighted by Gasteiger charge is 2.45. The molecule has 3 rings (SSSR count). The molecule has 0 aliphatic carbocycles. The highest BCUT2D eigenvalue weighted by molar-refractivity contribution is 7.80. The van der Waals surface area contributed by atoms with Crippen molar-refractivity contribution in [3.05, 3.63) is 24.3 Å². The lowest BCUT2D eigenvalue weighted by atomic mass is 10.1. The van der Waals surface area contributed by atoms with Crippen molar-refractivity contribution in [2.45, 2.75) is 12.1 Å². The summed E-state index contributed by atoms with van der Waals surface area (Å²) in [5, 5.41) is 6.95. The van der Waals surface area contributed by atoms with E-state index in [4.69, 9.17) is 4.55 Å². The summed E-state index contributed by atoms with van der Waals surface area (Å²) in [6.07, 6.45) is 4.60. The van der Waals surface area contributed by atoms with E-state index in [1.807, 2.05) is 0 Å². The zero-order valence-electron chi connectivity index (χ0n) is 9.37. The smallest absolute Gasteiger partial charge is 0.307 e. The van der Waals surface area contributed by atoms with Crippen LogP contribution in [0.2, 0.25) is 0 Å². The van der Waals surface area contributed by atoms with Crippen LogP contribution in [0.3, 0.4) is 0 Å². The molecule has 2 amide bonds. The Bertz CT molecular complexity index is 626. The highest BCUT2D eigenvalue weighted by atomic mass is 32.3. The molecule has 2 bridgehead atoms. The molecule has 1 unspecified atom stereocenters. The summed E-state index contributed by atoms with van der Waals surface area (Å²) < 4.78 is 34.3. The molecule has 3 heterocycles. The van der Waals surface area contributed by atoms with Gasteiger partial charge in [0.2, 0.25) is 0 Å². The van der Waals surface area contributed by atoms with E-state index in [0.717, 1.165) is 0 Å². The van der Waals surface area contributed by atoms with Crippen molar-refractivity contribution in [3.8, 4) is 0 Å². The van der Waals surface area contributed by atoms with Crippen LogP contribution in [-0.2, 0) is 14.7 Å². The number of hydrogen-bond acceptors (Lipinski definition) is 6. The van der Waals surface area contributed by atoms with Crippen LogP contribution >= 0.6 is 0 Å². The van der Waals surface area contributed by atoms with Crippen molar-refractivity contribution in [1.29, 1.82) is 0 Å². The Labute approximate surface area is 107 Å². The summed E-state index contributed by atoms with van der Waals surface area (Å²) in [4.78, 5) is 17.3. The number of nitrogens with one attached hydrogen (secondary N) is 1. The third-order valence-electron chi connectivity index (χ3n) is 2.86. The minimum Gasteiger partial charge on any atom is -0.307 e. The average Bonchev–Trinajstić information content (AvgIpc) is 2.93. The molecule has 1 aromatic rings. The fourth-order valence-electron chi connectivity index (χ4n) is 2.12. The van der Waals surface area contributed by atoms with Crippen LogP contribution in [0.4, 0.5) is 4.79 Å². The van der Waals surface area contributed by atoms with Gasteiger partial charge in [0.05, 0.1) is 12.6 Å². The molecule has 0 saturated carbocycles. The second kappa shape index (κ2) is 4.01. The summed E-state index contributed by atoms with van der Waals surface area (Å²) in [6.45, 7) is 0.232. The van der Waals surface area contributed by atoms with Gasteiger partial charge in [0.1, 0.15) is 12.4 Å². The number of nitrogens with zero attached hydrogens (tertiary/aromatic N) is 4. The summed E-state index contributed by atoms with van der Waals surface area (Å²) in [5.41, 5.74) is 0. The van der Waals surface area contributed by atoms with Gasteiger partial charge in [-0.25, -0.2) is 9.78 Å². The normalized spacial score (nSPS) is 26.3. The van der Waals surface area contributed by atoms with E-state index in [-0.39, 0.29) is 6.54 Å². The molecule has 0 spiro atoms. The number of urea groups is 1. The Morgan fingerprint density at radius 1 is 1.47 bits per heavy atom. The number of aromatic nitrogens is 3. The van der Waals surface area contributed by atoms with Crippen LogP contribution in [0, 0.1) is 0 Å². The minimum atomic E-state index is -4.74. The van der Waals surface area contributed by atoms with Crippen LogP contribution in [0.15, 0.2) is 18.5 Å². The lowest BCUT2D eigenvalue weighted by Gasteiger charge is -2.23. The van der Waals surface area contributed by atoms with Gasteiger partial charge in [0, 0.05) is 0 Å². The summed E-state index contributed by atoms with van der Waals surface area (Å²) >= 11 is 0. The molecule has 0 radical (unpaired) electrons. The molecule has 1 fully saturated rings. The standard InChI is InChI=1S/C8H9N5O5S/c14-8-12-3-5(13(8)18-19(15,16)17)1-2-6(12)7-9-4-10-11-7/h1-2,4-6H,3H2,(H,9,10,11)(H,15,16,17)/t5?,6-/m0/s1. The Hall–Kier alpha value is -1.98. The molecule has 11 heteroatoms. The number of carbonyl (C=O) groups excluding carboxylic acids is 1. The molecular formula is C8H9N5O5S. The number of hydroxylamine groups is 2. The monoisotopic (exact) mass is 287 g/mol. The van der Waals surface area contributed by atoms with Gasteiger partial charge in [0.15, 0.2) is 5.82 Å². The van der Waals surface area contributed by atoms with Gasteiger partial charge >= 0.3 is 16.4 Å². The fourth-order valence-corrected chi connectivity index (χ4v) is 2.49. The van der Waals surface area contributed by atoms with Crippen molar-refractivity contribution in [2.24, 2.45) is 0 Å². The second-order valence-corrected chi connectivity index (χ2v) is 5.04. The maximum absolute atomic E-state index is 12.0. The SMILES string of the molecule is O=C1N(OS(=O)(=O)O)C2C=C[C@@H](c3ncn[nH]3)N1C2. The first-order valence-electron chi connectivity index (χ1n) is 5.26. The number of H-pyrrole nitrogens is 1. The zero-order valence-corrected chi connectivity index (χ0v) is 10.2. The summed E-state index contributed by atoms with van der Waals surface area (Å²) in [5.74, 6) is 0.455. The quantitative estimate of drug-likeness (QED) is 0.553. The van der Waals surface area contributed by atoms with E-state index >= 15 is 0 Å². The van der Waals surface area contributed by atoms with Crippen LogP contribution in [0.5, 0.6) is 0 Å². The average molecular weight is 287 g/mol. The van der Waals surface area contributed by atoms with Gasteiger partial charge in [-0.3, -0.25) is 9.65 Å². The number of carbonyl (C=O) groups is 1. The fraction of sp³-hybridized carbons (Fsp3) is 0.375. The maximum atomic E-state index is 12.0. The molecule has 1 saturated heterocycles. The Morgan fingerprint density at radius 2 is 2.26 bits per heavy atom. The third-order valence-corrected chi connectivity index (χ3v) is 3.21. The number of aromatic amines is 1. The van der Waals surface area contributed by atoms with Gasteiger partial charge < -0.3 is 4.90 Å². The van der Waals surface area contributed by atoms with Crippen molar-refractivity contribution in [3.63, 3.8) is 0 Å². The van der Waals surface area contributed by atoms with Gasteiger partial charge in [-0.1, -0.05) is 12.2 Å². The molecule has 102 valence electrons. The number of rotatable bonds is 3. The third kappa shape index (κ3) is 2.07.